The summed E-state index contributed by atoms with van der Waals surface area (Å²) in [6.07, 6.45) is 4.34. The molecule has 7 nitrogen and oxygen atoms in total. The number of hydrogen-bond donors (Lipinski definition) is 1. The second-order valence-corrected chi connectivity index (χ2v) is 10.2. The van der Waals surface area contributed by atoms with E-state index in [4.69, 9.17) is 18.9 Å². The van der Waals surface area contributed by atoms with Crippen LogP contribution in [0.4, 0.5) is 5.69 Å². The van der Waals surface area contributed by atoms with Crippen molar-refractivity contribution >= 4 is 17.6 Å². The van der Waals surface area contributed by atoms with Crippen molar-refractivity contribution in [3.8, 4) is 11.5 Å². The summed E-state index contributed by atoms with van der Waals surface area (Å²) in [5.41, 5.74) is 2.73. The summed E-state index contributed by atoms with van der Waals surface area (Å²) < 4.78 is 21.4. The van der Waals surface area contributed by atoms with Crippen LogP contribution in [0.15, 0.2) is 36.4 Å². The van der Waals surface area contributed by atoms with Crippen molar-refractivity contribution in [2.24, 2.45) is 0 Å². The van der Waals surface area contributed by atoms with Crippen LogP contribution in [-0.2, 0) is 19.7 Å². The molecule has 1 unspecified atom stereocenters. The zero-order chi connectivity index (χ0) is 27.4. The van der Waals surface area contributed by atoms with Crippen LogP contribution in [0.5, 0.6) is 11.5 Å². The monoisotopic (exact) mass is 513 g/mol. The lowest BCUT2D eigenvalue weighted by Crippen LogP contribution is -2.21. The molecule has 0 aliphatic heterocycles. The summed E-state index contributed by atoms with van der Waals surface area (Å²) in [5.74, 6) is 0.815. The van der Waals surface area contributed by atoms with Crippen LogP contribution in [0.1, 0.15) is 87.2 Å². The first-order valence-electron chi connectivity index (χ1n) is 13.0. The maximum atomic E-state index is 13.4. The van der Waals surface area contributed by atoms with Gasteiger partial charge in [0.2, 0.25) is 5.91 Å². The highest BCUT2D eigenvalue weighted by Gasteiger charge is 2.24. The van der Waals surface area contributed by atoms with E-state index in [0.717, 1.165) is 36.8 Å². The van der Waals surface area contributed by atoms with Gasteiger partial charge < -0.3 is 24.3 Å². The Balaban J connectivity index is 2.32. The standard InChI is InChI=1S/C30H43NO6/c1-8-9-10-11-21(24-14-13-23(20-27(24)35-6)37-17-16-34-5)19-28(32)31-26-18-22(29(33)36-7)12-15-25(26)30(2,3)4/h12-15,18,20-21H,8-11,16-17,19H2,1-7H3,(H,31,32). The lowest BCUT2D eigenvalue weighted by molar-refractivity contribution is -0.116. The molecule has 0 bridgehead atoms. The topological polar surface area (TPSA) is 83.1 Å². The first kappa shape index (κ1) is 30.2. The molecule has 0 aromatic heterocycles. The quantitative estimate of drug-likeness (QED) is 0.229. The molecule has 0 aliphatic carbocycles. The van der Waals surface area contributed by atoms with E-state index in [2.05, 4.69) is 33.0 Å². The maximum absolute atomic E-state index is 13.4. The Kier molecular flexibility index (Phi) is 11.9. The van der Waals surface area contributed by atoms with Crippen molar-refractivity contribution in [1.29, 1.82) is 0 Å². The molecule has 0 aliphatic rings. The molecular formula is C30H43NO6. The number of carbonyl (C=O) groups is 2. The van der Waals surface area contributed by atoms with Crippen LogP contribution in [0.2, 0.25) is 0 Å². The van der Waals surface area contributed by atoms with E-state index < -0.39 is 5.97 Å². The van der Waals surface area contributed by atoms with E-state index in [1.54, 1.807) is 26.4 Å². The van der Waals surface area contributed by atoms with Crippen LogP contribution < -0.4 is 14.8 Å². The van der Waals surface area contributed by atoms with Crippen LogP contribution in [0.25, 0.3) is 0 Å². The summed E-state index contributed by atoms with van der Waals surface area (Å²) in [6, 6.07) is 11.1. The second kappa shape index (κ2) is 14.6. The van der Waals surface area contributed by atoms with Crippen LogP contribution in [0.3, 0.4) is 0 Å². The van der Waals surface area contributed by atoms with E-state index in [1.807, 2.05) is 24.3 Å². The molecule has 0 heterocycles. The number of nitrogens with one attached hydrogen (secondary N) is 1. The smallest absolute Gasteiger partial charge is 0.337 e. The molecule has 1 atom stereocenters. The molecule has 0 saturated heterocycles. The van der Waals surface area contributed by atoms with E-state index in [9.17, 15) is 9.59 Å². The number of methoxy groups -OCH3 is 3. The highest BCUT2D eigenvalue weighted by Crippen LogP contribution is 2.37. The van der Waals surface area contributed by atoms with Crippen molar-refractivity contribution in [2.75, 3.05) is 39.9 Å². The van der Waals surface area contributed by atoms with Crippen molar-refractivity contribution in [3.63, 3.8) is 0 Å². The predicted molar refractivity (Wildman–Crippen MR) is 147 cm³/mol. The van der Waals surface area contributed by atoms with Gasteiger partial charge in [0.25, 0.3) is 0 Å². The fourth-order valence-corrected chi connectivity index (χ4v) is 4.34. The second-order valence-electron chi connectivity index (χ2n) is 10.2. The minimum atomic E-state index is -0.439. The molecule has 1 N–H and O–H groups in total. The maximum Gasteiger partial charge on any atom is 0.337 e. The Hall–Kier alpha value is -3.06. The minimum absolute atomic E-state index is 0.0311. The van der Waals surface area contributed by atoms with E-state index in [1.165, 1.54) is 7.11 Å². The average molecular weight is 514 g/mol. The summed E-state index contributed by atoms with van der Waals surface area (Å²) in [4.78, 5) is 25.5. The predicted octanol–water partition coefficient (Wildman–Crippen LogP) is 6.50. The Labute approximate surface area is 221 Å². The van der Waals surface area contributed by atoms with Crippen LogP contribution >= 0.6 is 0 Å². The van der Waals surface area contributed by atoms with Gasteiger partial charge in [0.15, 0.2) is 0 Å². The van der Waals surface area contributed by atoms with Crippen molar-refractivity contribution in [3.05, 3.63) is 53.1 Å². The highest BCUT2D eigenvalue weighted by molar-refractivity contribution is 5.96. The number of carbonyl (C=O) groups excluding carboxylic acids is 2. The summed E-state index contributed by atoms with van der Waals surface area (Å²) in [7, 11) is 4.62. The highest BCUT2D eigenvalue weighted by atomic mass is 16.5. The summed E-state index contributed by atoms with van der Waals surface area (Å²) in [5, 5.41) is 3.08. The van der Waals surface area contributed by atoms with E-state index in [0.29, 0.717) is 36.0 Å². The third kappa shape index (κ3) is 9.08. The first-order chi connectivity index (χ1) is 17.6. The van der Waals surface area contributed by atoms with Crippen LogP contribution in [0, 0.1) is 0 Å². The Morgan fingerprint density at radius 3 is 2.35 bits per heavy atom. The molecule has 1 amide bonds. The van der Waals surface area contributed by atoms with Gasteiger partial charge in [0.1, 0.15) is 18.1 Å². The third-order valence-corrected chi connectivity index (χ3v) is 6.31. The molecule has 2 aromatic rings. The number of esters is 1. The Morgan fingerprint density at radius 1 is 0.973 bits per heavy atom. The molecule has 2 rings (SSSR count). The lowest BCUT2D eigenvalue weighted by atomic mass is 9.85. The SMILES string of the molecule is CCCCCC(CC(=O)Nc1cc(C(=O)OC)ccc1C(C)(C)C)c1ccc(OCCOC)cc1OC. The zero-order valence-corrected chi connectivity index (χ0v) is 23.4. The fraction of sp³-hybridized carbons (Fsp3) is 0.533. The molecule has 37 heavy (non-hydrogen) atoms. The molecule has 2 aromatic carbocycles. The van der Waals surface area contributed by atoms with Gasteiger partial charge in [-0.05, 0) is 47.1 Å². The van der Waals surface area contributed by atoms with Gasteiger partial charge in [0.05, 0.1) is 26.4 Å². The third-order valence-electron chi connectivity index (χ3n) is 6.31. The number of rotatable bonds is 14. The minimum Gasteiger partial charge on any atom is -0.496 e. The largest absolute Gasteiger partial charge is 0.496 e. The van der Waals surface area contributed by atoms with Crippen LogP contribution in [-0.4, -0.2) is 46.4 Å². The van der Waals surface area contributed by atoms with Gasteiger partial charge in [-0.25, -0.2) is 4.79 Å². The normalized spacial score (nSPS) is 12.1. The van der Waals surface area contributed by atoms with Gasteiger partial charge >= 0.3 is 5.97 Å². The van der Waals surface area contributed by atoms with Gasteiger partial charge in [-0.3, -0.25) is 4.79 Å². The molecule has 7 heteroatoms. The van der Waals surface area contributed by atoms with E-state index in [-0.39, 0.29) is 23.7 Å². The summed E-state index contributed by atoms with van der Waals surface area (Å²) >= 11 is 0. The van der Waals surface area contributed by atoms with Gasteiger partial charge in [-0.2, -0.15) is 0 Å². The van der Waals surface area contributed by atoms with E-state index >= 15 is 0 Å². The molecule has 0 spiro atoms. The summed E-state index contributed by atoms with van der Waals surface area (Å²) in [6.45, 7) is 9.33. The molecule has 204 valence electrons. The average Bonchev–Trinajstić information content (AvgIpc) is 2.87. The van der Waals surface area contributed by atoms with Gasteiger partial charge in [0, 0.05) is 25.3 Å². The number of benzene rings is 2. The molecule has 0 saturated carbocycles. The van der Waals surface area contributed by atoms with Crippen molar-refractivity contribution < 1.29 is 28.5 Å². The Bertz CT molecular complexity index is 1030. The first-order valence-corrected chi connectivity index (χ1v) is 13.0. The van der Waals surface area contributed by atoms with Gasteiger partial charge in [-0.1, -0.05) is 59.1 Å². The lowest BCUT2D eigenvalue weighted by Gasteiger charge is -2.25. The number of anilines is 1. The van der Waals surface area contributed by atoms with Crippen molar-refractivity contribution in [1.82, 2.24) is 0 Å². The molecular weight excluding hydrogens is 470 g/mol. The number of hydrogen-bond acceptors (Lipinski definition) is 6. The number of ether oxygens (including phenoxy) is 4. The zero-order valence-electron chi connectivity index (χ0n) is 23.4. The number of unbranched alkanes of at least 4 members (excludes halogenated alkanes) is 2. The fourth-order valence-electron chi connectivity index (χ4n) is 4.34. The van der Waals surface area contributed by atoms with Crippen molar-refractivity contribution in [2.45, 2.75) is 71.1 Å². The number of amides is 1. The van der Waals surface area contributed by atoms with Gasteiger partial charge in [-0.15, -0.1) is 0 Å². The Morgan fingerprint density at radius 2 is 1.73 bits per heavy atom. The molecule has 0 fully saturated rings. The molecule has 0 radical (unpaired) electrons.